The first-order valence-corrected chi connectivity index (χ1v) is 13.9. The lowest BCUT2D eigenvalue weighted by molar-refractivity contribution is 0.955. The molecule has 0 fully saturated rings. The number of aromatic nitrogens is 6. The van der Waals surface area contributed by atoms with Gasteiger partial charge in [0.2, 0.25) is 5.95 Å². The van der Waals surface area contributed by atoms with E-state index in [-0.39, 0.29) is 0 Å². The van der Waals surface area contributed by atoms with Gasteiger partial charge in [0.1, 0.15) is 5.65 Å². The van der Waals surface area contributed by atoms with Gasteiger partial charge < -0.3 is 0 Å². The fourth-order valence-corrected chi connectivity index (χ4v) is 6.13. The molecule has 4 heterocycles. The zero-order chi connectivity index (χ0) is 27.6. The van der Waals surface area contributed by atoms with Gasteiger partial charge in [-0.3, -0.25) is 8.97 Å². The quantitative estimate of drug-likeness (QED) is 0.227. The molecule has 0 radical (unpaired) electrons. The van der Waals surface area contributed by atoms with Crippen molar-refractivity contribution in [1.29, 1.82) is 0 Å². The number of nitrogens with zero attached hydrogens (tertiary/aromatic N) is 6. The molecule has 0 saturated carbocycles. The molecule has 196 valence electrons. The Balaban J connectivity index is 1.49. The van der Waals surface area contributed by atoms with E-state index < -0.39 is 0 Å². The summed E-state index contributed by atoms with van der Waals surface area (Å²) in [4.78, 5) is 20.3. The second kappa shape index (κ2) is 8.81. The van der Waals surface area contributed by atoms with Crippen molar-refractivity contribution in [2.45, 2.75) is 0 Å². The molecule has 6 nitrogen and oxygen atoms in total. The molecule has 0 saturated heterocycles. The minimum absolute atomic E-state index is 0.569. The fraction of sp³-hybridized carbons (Fsp3) is 0. The molecule has 0 spiro atoms. The summed E-state index contributed by atoms with van der Waals surface area (Å²) in [5.74, 6) is 1.82. The van der Waals surface area contributed by atoms with Gasteiger partial charge >= 0.3 is 0 Å². The van der Waals surface area contributed by atoms with E-state index in [0.717, 1.165) is 60.5 Å². The van der Waals surface area contributed by atoms with Crippen LogP contribution in [0.2, 0.25) is 0 Å². The maximum absolute atomic E-state index is 5.18. The summed E-state index contributed by atoms with van der Waals surface area (Å²) in [7, 11) is 0. The van der Waals surface area contributed by atoms with Crippen LogP contribution in [0.25, 0.3) is 78.1 Å². The topological polar surface area (TPSA) is 60.9 Å². The number of benzene rings is 5. The van der Waals surface area contributed by atoms with Crippen LogP contribution in [-0.2, 0) is 0 Å². The maximum Gasteiger partial charge on any atom is 0.238 e. The van der Waals surface area contributed by atoms with E-state index in [1.165, 1.54) is 0 Å². The predicted octanol–water partition coefficient (Wildman–Crippen LogP) is 8.26. The summed E-state index contributed by atoms with van der Waals surface area (Å²) in [5, 5.41) is 3.27. The van der Waals surface area contributed by atoms with Crippen LogP contribution in [0.4, 0.5) is 0 Å². The van der Waals surface area contributed by atoms with Crippen LogP contribution in [0.5, 0.6) is 0 Å². The molecule has 0 N–H and O–H groups in total. The third-order valence-corrected chi connectivity index (χ3v) is 7.95. The molecule has 6 heteroatoms. The average molecular weight is 539 g/mol. The van der Waals surface area contributed by atoms with Crippen LogP contribution in [0, 0.1) is 0 Å². The van der Waals surface area contributed by atoms with Crippen molar-refractivity contribution >= 4 is 49.4 Å². The Labute approximate surface area is 240 Å². The van der Waals surface area contributed by atoms with Crippen molar-refractivity contribution in [2.24, 2.45) is 0 Å². The molecule has 5 aromatic carbocycles. The first kappa shape index (κ1) is 22.9. The minimum Gasteiger partial charge on any atom is -0.292 e. The average Bonchev–Trinajstić information content (AvgIpc) is 3.62. The lowest BCUT2D eigenvalue weighted by Crippen LogP contribution is -2.07. The molecule has 42 heavy (non-hydrogen) atoms. The smallest absolute Gasteiger partial charge is 0.238 e. The van der Waals surface area contributed by atoms with Crippen LogP contribution in [-0.4, -0.2) is 28.9 Å². The Kier molecular flexibility index (Phi) is 4.80. The number of rotatable bonds is 3. The Morgan fingerprint density at radius 1 is 0.429 bits per heavy atom. The van der Waals surface area contributed by atoms with Gasteiger partial charge in [-0.1, -0.05) is 109 Å². The van der Waals surface area contributed by atoms with Gasteiger partial charge in [0, 0.05) is 21.9 Å². The van der Waals surface area contributed by atoms with Gasteiger partial charge in [0.15, 0.2) is 11.6 Å². The Hall–Kier alpha value is -5.88. The summed E-state index contributed by atoms with van der Waals surface area (Å²) < 4.78 is 4.47. The third kappa shape index (κ3) is 3.26. The van der Waals surface area contributed by atoms with Crippen LogP contribution >= 0.6 is 0 Å². The highest BCUT2D eigenvalue weighted by Crippen LogP contribution is 2.40. The lowest BCUT2D eigenvalue weighted by atomic mass is 10.1. The molecule has 0 bridgehead atoms. The molecule has 0 aliphatic rings. The summed E-state index contributed by atoms with van der Waals surface area (Å²) in [6, 6.07) is 45.5. The summed E-state index contributed by atoms with van der Waals surface area (Å²) in [6.07, 6.45) is 0. The molecule has 0 unspecified atom stereocenters. The molecule has 4 aromatic heterocycles. The van der Waals surface area contributed by atoms with Gasteiger partial charge in [-0.05, 0) is 24.3 Å². The van der Waals surface area contributed by atoms with Crippen molar-refractivity contribution in [3.8, 4) is 28.7 Å². The van der Waals surface area contributed by atoms with Crippen molar-refractivity contribution in [3.63, 3.8) is 0 Å². The number of fused-ring (bicyclic) bond motifs is 10. The summed E-state index contributed by atoms with van der Waals surface area (Å²) in [5.41, 5.74) is 7.96. The van der Waals surface area contributed by atoms with E-state index in [1.807, 2.05) is 66.7 Å². The molecule has 9 aromatic rings. The Morgan fingerprint density at radius 2 is 0.976 bits per heavy atom. The zero-order valence-electron chi connectivity index (χ0n) is 22.4. The number of imidazole rings is 1. The largest absolute Gasteiger partial charge is 0.292 e. The van der Waals surface area contributed by atoms with Gasteiger partial charge in [-0.25, -0.2) is 9.97 Å². The summed E-state index contributed by atoms with van der Waals surface area (Å²) in [6.45, 7) is 0. The van der Waals surface area contributed by atoms with Crippen molar-refractivity contribution in [2.75, 3.05) is 0 Å². The highest BCUT2D eigenvalue weighted by Gasteiger charge is 2.23. The Bertz CT molecular complexity index is 2400. The highest BCUT2D eigenvalue weighted by molar-refractivity contribution is 6.24. The highest BCUT2D eigenvalue weighted by atomic mass is 15.2. The minimum atomic E-state index is 0.569. The lowest BCUT2D eigenvalue weighted by Gasteiger charge is -2.12. The van der Waals surface area contributed by atoms with Gasteiger partial charge in [-0.2, -0.15) is 9.97 Å². The monoisotopic (exact) mass is 538 g/mol. The van der Waals surface area contributed by atoms with Crippen molar-refractivity contribution in [3.05, 3.63) is 133 Å². The van der Waals surface area contributed by atoms with Gasteiger partial charge in [0.25, 0.3) is 0 Å². The normalized spacial score (nSPS) is 11.8. The SMILES string of the molecule is c1ccc(-c2nc(-c3ccccc3)nc(-n3c4ccccc4c4c3c3ccccc3n3c5ccccc5nc43)n2)cc1. The second-order valence-electron chi connectivity index (χ2n) is 10.4. The number of hydrogen-bond donors (Lipinski definition) is 0. The molecular weight excluding hydrogens is 516 g/mol. The molecule has 0 atom stereocenters. The van der Waals surface area contributed by atoms with Crippen molar-refractivity contribution < 1.29 is 0 Å². The van der Waals surface area contributed by atoms with E-state index in [4.69, 9.17) is 19.9 Å². The first-order valence-electron chi connectivity index (χ1n) is 13.9. The molecule has 0 amide bonds. The van der Waals surface area contributed by atoms with E-state index in [9.17, 15) is 0 Å². The summed E-state index contributed by atoms with van der Waals surface area (Å²) >= 11 is 0. The standard InChI is InChI=1S/C36H22N6/c1-3-13-23(14-4-1)33-38-34(24-15-5-2-6-16-24)40-36(39-33)42-28-20-10-7-17-25(28)31-32(42)26-18-8-11-21-29(26)41-30-22-12-9-19-27(30)37-35(31)41/h1-22H. The van der Waals surface area contributed by atoms with Gasteiger partial charge in [-0.15, -0.1) is 0 Å². The maximum atomic E-state index is 5.18. The third-order valence-electron chi connectivity index (χ3n) is 7.95. The molecular formula is C36H22N6. The van der Waals surface area contributed by atoms with Gasteiger partial charge in [0.05, 0.1) is 33.0 Å². The second-order valence-corrected chi connectivity index (χ2v) is 10.4. The Morgan fingerprint density at radius 3 is 1.67 bits per heavy atom. The van der Waals surface area contributed by atoms with Crippen molar-refractivity contribution in [1.82, 2.24) is 28.9 Å². The van der Waals surface area contributed by atoms with E-state index >= 15 is 0 Å². The first-order chi connectivity index (χ1) is 20.8. The van der Waals surface area contributed by atoms with E-state index in [2.05, 4.69) is 75.7 Å². The zero-order valence-corrected chi connectivity index (χ0v) is 22.4. The van der Waals surface area contributed by atoms with E-state index in [1.54, 1.807) is 0 Å². The number of pyridine rings is 1. The predicted molar refractivity (Wildman–Crippen MR) is 169 cm³/mol. The van der Waals surface area contributed by atoms with E-state index in [0.29, 0.717) is 17.6 Å². The molecule has 0 aliphatic carbocycles. The van der Waals surface area contributed by atoms with Crippen LogP contribution in [0.15, 0.2) is 133 Å². The van der Waals surface area contributed by atoms with Crippen LogP contribution < -0.4 is 0 Å². The number of hydrogen-bond acceptors (Lipinski definition) is 4. The van der Waals surface area contributed by atoms with Crippen LogP contribution in [0.3, 0.4) is 0 Å². The fourth-order valence-electron chi connectivity index (χ4n) is 6.13. The molecule has 0 aliphatic heterocycles. The number of para-hydroxylation sites is 4. The molecule has 9 rings (SSSR count). The van der Waals surface area contributed by atoms with Crippen LogP contribution in [0.1, 0.15) is 0 Å².